The van der Waals surface area contributed by atoms with Gasteiger partial charge >= 0.3 is 5.97 Å². The molecule has 0 saturated carbocycles. The summed E-state index contributed by atoms with van der Waals surface area (Å²) in [6, 6.07) is 9.57. The summed E-state index contributed by atoms with van der Waals surface area (Å²) in [7, 11) is 0. The number of esters is 1. The van der Waals surface area contributed by atoms with Crippen LogP contribution in [-0.4, -0.2) is 46.7 Å². The first kappa shape index (κ1) is 15.8. The van der Waals surface area contributed by atoms with E-state index < -0.39 is 11.6 Å². The third-order valence-electron chi connectivity index (χ3n) is 4.82. The van der Waals surface area contributed by atoms with Gasteiger partial charge in [0.15, 0.2) is 5.69 Å². The Balaban J connectivity index is 1.51. The molecule has 1 spiro atoms. The lowest BCUT2D eigenvalue weighted by Crippen LogP contribution is -2.34. The van der Waals surface area contributed by atoms with E-state index in [4.69, 9.17) is 9.47 Å². The molecule has 25 heavy (non-hydrogen) atoms. The summed E-state index contributed by atoms with van der Waals surface area (Å²) >= 11 is 0. The van der Waals surface area contributed by atoms with Crippen LogP contribution in [0.4, 0.5) is 0 Å². The fraction of sp³-hybridized carbons (Fsp3) is 0.389. The van der Waals surface area contributed by atoms with Crippen molar-refractivity contribution in [2.45, 2.75) is 25.6 Å². The van der Waals surface area contributed by atoms with E-state index in [1.807, 2.05) is 12.1 Å². The number of fused-ring (bicyclic) bond motifs is 2. The predicted octanol–water partition coefficient (Wildman–Crippen LogP) is 1.86. The van der Waals surface area contributed by atoms with Crippen molar-refractivity contribution in [1.29, 1.82) is 0 Å². The molecule has 1 atom stereocenters. The Morgan fingerprint density at radius 3 is 3.08 bits per heavy atom. The van der Waals surface area contributed by atoms with Crippen LogP contribution in [0, 0.1) is 0 Å². The van der Waals surface area contributed by atoms with Crippen LogP contribution in [0.5, 0.6) is 0 Å². The molecule has 0 bridgehead atoms. The Labute approximate surface area is 144 Å². The van der Waals surface area contributed by atoms with Crippen LogP contribution in [0.1, 0.15) is 45.4 Å². The summed E-state index contributed by atoms with van der Waals surface area (Å²) in [5.74, 6) is -0.725. The molecule has 1 aromatic carbocycles. The number of carbonyl (C=O) groups is 2. The van der Waals surface area contributed by atoms with Gasteiger partial charge in [-0.2, -0.15) is 5.10 Å². The summed E-state index contributed by atoms with van der Waals surface area (Å²) in [4.78, 5) is 26.2. The van der Waals surface area contributed by atoms with Crippen LogP contribution in [0.15, 0.2) is 30.3 Å². The molecule has 4 rings (SSSR count). The van der Waals surface area contributed by atoms with Gasteiger partial charge in [-0.3, -0.25) is 9.89 Å². The Morgan fingerprint density at radius 2 is 2.24 bits per heavy atom. The van der Waals surface area contributed by atoms with Crippen molar-refractivity contribution in [3.8, 4) is 0 Å². The average molecular weight is 341 g/mol. The van der Waals surface area contributed by atoms with Crippen molar-refractivity contribution >= 4 is 11.9 Å². The van der Waals surface area contributed by atoms with Gasteiger partial charge in [0.2, 0.25) is 0 Å². The number of aromatic amines is 1. The highest BCUT2D eigenvalue weighted by Gasteiger charge is 2.47. The van der Waals surface area contributed by atoms with Crippen LogP contribution in [-0.2, 0) is 21.7 Å². The number of ether oxygens (including phenoxy) is 2. The van der Waals surface area contributed by atoms with Crippen LogP contribution < -0.4 is 0 Å². The van der Waals surface area contributed by atoms with Gasteiger partial charge in [0.25, 0.3) is 5.91 Å². The summed E-state index contributed by atoms with van der Waals surface area (Å²) in [5.41, 5.74) is 2.32. The molecular weight excluding hydrogens is 322 g/mol. The number of H-pyrrole nitrogens is 1. The Morgan fingerprint density at radius 1 is 1.40 bits per heavy atom. The lowest BCUT2D eigenvalue weighted by molar-refractivity contribution is -0.0283. The molecule has 1 unspecified atom stereocenters. The molecule has 1 fully saturated rings. The third-order valence-corrected chi connectivity index (χ3v) is 4.82. The smallest absolute Gasteiger partial charge is 0.356 e. The number of likely N-dealkylation sites (tertiary alicyclic amines) is 1. The Bertz CT molecular complexity index is 831. The lowest BCUT2D eigenvalue weighted by atomic mass is 9.92. The second kappa shape index (κ2) is 6.00. The number of hydrogen-bond acceptors (Lipinski definition) is 5. The van der Waals surface area contributed by atoms with E-state index in [-0.39, 0.29) is 23.9 Å². The number of hydrogen-bond donors (Lipinski definition) is 1. The molecule has 7 nitrogen and oxygen atoms in total. The van der Waals surface area contributed by atoms with Crippen molar-refractivity contribution in [2.24, 2.45) is 0 Å². The number of rotatable bonds is 3. The maximum Gasteiger partial charge on any atom is 0.356 e. The largest absolute Gasteiger partial charge is 0.461 e. The highest BCUT2D eigenvalue weighted by atomic mass is 16.5. The van der Waals surface area contributed by atoms with E-state index >= 15 is 0 Å². The average Bonchev–Trinajstić information content (AvgIpc) is 3.35. The highest BCUT2D eigenvalue weighted by Crippen LogP contribution is 2.43. The van der Waals surface area contributed by atoms with E-state index in [1.54, 1.807) is 11.8 Å². The van der Waals surface area contributed by atoms with Crippen molar-refractivity contribution in [3.05, 3.63) is 52.8 Å². The van der Waals surface area contributed by atoms with E-state index in [9.17, 15) is 9.59 Å². The normalized spacial score (nSPS) is 21.6. The second-order valence-electron chi connectivity index (χ2n) is 6.30. The zero-order chi connectivity index (χ0) is 17.4. The van der Waals surface area contributed by atoms with Crippen molar-refractivity contribution in [3.63, 3.8) is 0 Å². The zero-order valence-electron chi connectivity index (χ0n) is 13.9. The number of carbonyl (C=O) groups excluding carboxylic acids is 2. The molecule has 0 aliphatic carbocycles. The molecule has 3 heterocycles. The van der Waals surface area contributed by atoms with Crippen LogP contribution in [0.2, 0.25) is 0 Å². The molecule has 2 aliphatic heterocycles. The van der Waals surface area contributed by atoms with Gasteiger partial charge in [-0.1, -0.05) is 24.3 Å². The Kier molecular flexibility index (Phi) is 3.80. The van der Waals surface area contributed by atoms with Crippen molar-refractivity contribution in [2.75, 3.05) is 19.7 Å². The van der Waals surface area contributed by atoms with Crippen LogP contribution >= 0.6 is 0 Å². The van der Waals surface area contributed by atoms with Crippen LogP contribution in [0.3, 0.4) is 0 Å². The molecule has 0 radical (unpaired) electrons. The second-order valence-corrected chi connectivity index (χ2v) is 6.30. The number of aromatic nitrogens is 2. The van der Waals surface area contributed by atoms with E-state index in [1.165, 1.54) is 17.2 Å². The van der Waals surface area contributed by atoms with Gasteiger partial charge < -0.3 is 14.4 Å². The van der Waals surface area contributed by atoms with E-state index in [0.29, 0.717) is 19.7 Å². The van der Waals surface area contributed by atoms with Gasteiger partial charge in [-0.15, -0.1) is 0 Å². The van der Waals surface area contributed by atoms with Crippen molar-refractivity contribution < 1.29 is 19.1 Å². The summed E-state index contributed by atoms with van der Waals surface area (Å²) in [5, 5.41) is 6.53. The van der Waals surface area contributed by atoms with E-state index in [0.717, 1.165) is 6.42 Å². The monoisotopic (exact) mass is 341 g/mol. The maximum atomic E-state index is 12.7. The minimum Gasteiger partial charge on any atom is -0.461 e. The molecule has 1 N–H and O–H groups in total. The topological polar surface area (TPSA) is 84.5 Å². The van der Waals surface area contributed by atoms with Gasteiger partial charge in [-0.05, 0) is 24.5 Å². The first-order valence-electron chi connectivity index (χ1n) is 8.37. The number of benzene rings is 1. The summed E-state index contributed by atoms with van der Waals surface area (Å²) < 4.78 is 11.0. The number of amides is 1. The first-order chi connectivity index (χ1) is 12.1. The molecule has 1 saturated heterocycles. The van der Waals surface area contributed by atoms with Gasteiger partial charge in [0.1, 0.15) is 11.3 Å². The Hall–Kier alpha value is -2.67. The molecule has 2 aliphatic rings. The fourth-order valence-corrected chi connectivity index (χ4v) is 3.58. The predicted molar refractivity (Wildman–Crippen MR) is 88.0 cm³/mol. The highest BCUT2D eigenvalue weighted by molar-refractivity contribution is 5.96. The molecule has 7 heteroatoms. The van der Waals surface area contributed by atoms with Crippen molar-refractivity contribution in [1.82, 2.24) is 15.1 Å². The molecule has 2 aromatic rings. The number of nitrogens with zero attached hydrogens (tertiary/aromatic N) is 2. The standard InChI is InChI=1S/C18H19N3O4/c1-2-24-17(23)15-9-14(19-20-15)16(22)21-8-7-18(11-21)13-6-4-3-5-12(13)10-25-18/h3-6,9H,2,7-8,10-11H2,1H3,(H,19,20). The third kappa shape index (κ3) is 2.60. The molecule has 1 amide bonds. The number of nitrogens with one attached hydrogen (secondary N) is 1. The molecule has 1 aromatic heterocycles. The summed E-state index contributed by atoms with van der Waals surface area (Å²) in [6.07, 6.45) is 0.755. The molecular formula is C18H19N3O4. The maximum absolute atomic E-state index is 12.7. The van der Waals surface area contributed by atoms with Gasteiger partial charge in [0, 0.05) is 12.6 Å². The quantitative estimate of drug-likeness (QED) is 0.862. The van der Waals surface area contributed by atoms with E-state index in [2.05, 4.69) is 22.3 Å². The van der Waals surface area contributed by atoms with Gasteiger partial charge in [0.05, 0.1) is 19.8 Å². The lowest BCUT2D eigenvalue weighted by Gasteiger charge is -2.24. The molecule has 130 valence electrons. The van der Waals surface area contributed by atoms with Gasteiger partial charge in [-0.25, -0.2) is 4.79 Å². The fourth-order valence-electron chi connectivity index (χ4n) is 3.58. The first-order valence-corrected chi connectivity index (χ1v) is 8.37. The summed E-state index contributed by atoms with van der Waals surface area (Å²) in [6.45, 7) is 3.66. The van der Waals surface area contributed by atoms with Crippen LogP contribution in [0.25, 0.3) is 0 Å². The minimum absolute atomic E-state index is 0.182. The zero-order valence-corrected chi connectivity index (χ0v) is 13.9. The SMILES string of the molecule is CCOC(=O)c1cc(C(=O)N2CCC3(C2)OCc2ccccc23)n[nH]1. The minimum atomic E-state index is -0.514.